The maximum Gasteiger partial charge on any atom is 0.360 e. The average molecular weight is 196 g/mol. The van der Waals surface area contributed by atoms with Crippen LogP contribution in [-0.2, 0) is 4.74 Å². The van der Waals surface area contributed by atoms with Crippen molar-refractivity contribution in [1.82, 2.24) is 9.97 Å². The number of hydrogen-bond acceptors (Lipinski definition) is 5. The van der Waals surface area contributed by atoms with Crippen molar-refractivity contribution in [2.24, 2.45) is 0 Å². The molecule has 0 fully saturated rings. The van der Waals surface area contributed by atoms with Crippen molar-refractivity contribution < 1.29 is 14.3 Å². The number of carbonyl (C=O) groups excluding carboxylic acids is 1. The first-order chi connectivity index (χ1) is 6.69. The molecule has 5 heteroatoms. The van der Waals surface area contributed by atoms with Crippen molar-refractivity contribution >= 4 is 5.97 Å². The molecule has 0 N–H and O–H groups in total. The third-order valence-electron chi connectivity index (χ3n) is 1.56. The summed E-state index contributed by atoms with van der Waals surface area (Å²) >= 11 is 0. The Morgan fingerprint density at radius 1 is 1.57 bits per heavy atom. The highest BCUT2D eigenvalue weighted by atomic mass is 16.5. The van der Waals surface area contributed by atoms with Crippen LogP contribution in [0.25, 0.3) is 0 Å². The van der Waals surface area contributed by atoms with E-state index in [1.54, 1.807) is 13.8 Å². The second-order valence-electron chi connectivity index (χ2n) is 2.55. The van der Waals surface area contributed by atoms with E-state index in [2.05, 4.69) is 9.97 Å². The third kappa shape index (κ3) is 2.18. The summed E-state index contributed by atoms with van der Waals surface area (Å²) in [7, 11) is 1.46. The van der Waals surface area contributed by atoms with Crippen LogP contribution >= 0.6 is 0 Å². The standard InChI is InChI=1S/C9H12N2O3/c1-4-14-9(12)8-7(13-3)5-10-6(2)11-8/h5H,4H2,1-3H3. The smallest absolute Gasteiger partial charge is 0.360 e. The van der Waals surface area contributed by atoms with Crippen LogP contribution in [0.1, 0.15) is 23.2 Å². The van der Waals surface area contributed by atoms with Gasteiger partial charge >= 0.3 is 5.97 Å². The van der Waals surface area contributed by atoms with Crippen LogP contribution in [0.15, 0.2) is 6.20 Å². The Morgan fingerprint density at radius 2 is 2.29 bits per heavy atom. The predicted molar refractivity (Wildman–Crippen MR) is 49.3 cm³/mol. The van der Waals surface area contributed by atoms with Gasteiger partial charge in [-0.2, -0.15) is 0 Å². The molecule has 0 aliphatic rings. The molecular weight excluding hydrogens is 184 g/mol. The number of carbonyl (C=O) groups is 1. The Hall–Kier alpha value is -1.65. The molecule has 0 saturated heterocycles. The summed E-state index contributed by atoms with van der Waals surface area (Å²) in [6.07, 6.45) is 1.45. The number of esters is 1. The minimum atomic E-state index is -0.491. The number of methoxy groups -OCH3 is 1. The minimum Gasteiger partial charge on any atom is -0.493 e. The quantitative estimate of drug-likeness (QED) is 0.674. The zero-order chi connectivity index (χ0) is 10.6. The summed E-state index contributed by atoms with van der Waals surface area (Å²) in [5.74, 6) is 0.345. The van der Waals surface area contributed by atoms with Gasteiger partial charge in [-0.3, -0.25) is 0 Å². The van der Waals surface area contributed by atoms with Crippen molar-refractivity contribution in [2.75, 3.05) is 13.7 Å². The fourth-order valence-corrected chi connectivity index (χ4v) is 0.954. The van der Waals surface area contributed by atoms with E-state index in [9.17, 15) is 4.79 Å². The SMILES string of the molecule is CCOC(=O)c1nc(C)ncc1OC. The zero-order valence-corrected chi connectivity index (χ0v) is 8.40. The fraction of sp³-hybridized carbons (Fsp3) is 0.444. The second-order valence-corrected chi connectivity index (χ2v) is 2.55. The van der Waals surface area contributed by atoms with E-state index in [-0.39, 0.29) is 5.69 Å². The van der Waals surface area contributed by atoms with Crippen molar-refractivity contribution in [2.45, 2.75) is 13.8 Å². The maximum atomic E-state index is 11.4. The van der Waals surface area contributed by atoms with E-state index < -0.39 is 5.97 Å². The summed E-state index contributed by atoms with van der Waals surface area (Å²) in [6.45, 7) is 3.74. The number of aromatic nitrogens is 2. The van der Waals surface area contributed by atoms with Crippen LogP contribution in [0.3, 0.4) is 0 Å². The van der Waals surface area contributed by atoms with Crippen LogP contribution in [-0.4, -0.2) is 29.7 Å². The Balaban J connectivity index is 3.03. The molecule has 0 radical (unpaired) electrons. The first-order valence-corrected chi connectivity index (χ1v) is 4.23. The number of aryl methyl sites for hydroxylation is 1. The average Bonchev–Trinajstić information content (AvgIpc) is 2.18. The van der Waals surface area contributed by atoms with Crippen LogP contribution in [0.2, 0.25) is 0 Å². The second kappa shape index (κ2) is 4.55. The van der Waals surface area contributed by atoms with E-state index >= 15 is 0 Å². The molecule has 1 aromatic heterocycles. The number of hydrogen-bond donors (Lipinski definition) is 0. The van der Waals surface area contributed by atoms with E-state index in [0.29, 0.717) is 18.2 Å². The summed E-state index contributed by atoms with van der Waals surface area (Å²) in [4.78, 5) is 19.2. The lowest BCUT2D eigenvalue weighted by Crippen LogP contribution is -2.10. The van der Waals surface area contributed by atoms with E-state index in [4.69, 9.17) is 9.47 Å². The summed E-state index contributed by atoms with van der Waals surface area (Å²) < 4.78 is 9.76. The number of rotatable bonds is 3. The van der Waals surface area contributed by atoms with Crippen molar-refractivity contribution in [3.05, 3.63) is 17.7 Å². The molecular formula is C9H12N2O3. The molecule has 0 aliphatic heterocycles. The van der Waals surface area contributed by atoms with Gasteiger partial charge < -0.3 is 9.47 Å². The highest BCUT2D eigenvalue weighted by Crippen LogP contribution is 2.15. The molecule has 0 unspecified atom stereocenters. The first-order valence-electron chi connectivity index (χ1n) is 4.23. The van der Waals surface area contributed by atoms with Crippen molar-refractivity contribution in [1.29, 1.82) is 0 Å². The van der Waals surface area contributed by atoms with Crippen molar-refractivity contribution in [3.8, 4) is 5.75 Å². The van der Waals surface area contributed by atoms with Gasteiger partial charge in [0.15, 0.2) is 11.4 Å². The normalized spacial score (nSPS) is 9.64. The van der Waals surface area contributed by atoms with Crippen LogP contribution in [0, 0.1) is 6.92 Å². The molecule has 0 saturated carbocycles. The summed E-state index contributed by atoms with van der Waals surface area (Å²) in [5, 5.41) is 0. The molecule has 0 spiro atoms. The first kappa shape index (κ1) is 10.4. The topological polar surface area (TPSA) is 61.3 Å². The lowest BCUT2D eigenvalue weighted by molar-refractivity contribution is 0.0515. The van der Waals surface area contributed by atoms with Gasteiger partial charge in [0.25, 0.3) is 0 Å². The number of ether oxygens (including phenoxy) is 2. The monoisotopic (exact) mass is 196 g/mol. The van der Waals surface area contributed by atoms with Gasteiger partial charge in [-0.15, -0.1) is 0 Å². The molecule has 0 bridgehead atoms. The molecule has 76 valence electrons. The van der Waals surface area contributed by atoms with E-state index in [1.807, 2.05) is 0 Å². The van der Waals surface area contributed by atoms with Gasteiger partial charge in [0.1, 0.15) is 5.82 Å². The molecule has 1 rings (SSSR count). The van der Waals surface area contributed by atoms with Crippen molar-refractivity contribution in [3.63, 3.8) is 0 Å². The Labute approximate surface area is 82.1 Å². The van der Waals surface area contributed by atoms with Gasteiger partial charge in [0.05, 0.1) is 19.9 Å². The zero-order valence-electron chi connectivity index (χ0n) is 8.40. The molecule has 1 aromatic rings. The Bertz CT molecular complexity index is 339. The van der Waals surface area contributed by atoms with E-state index in [0.717, 1.165) is 0 Å². The lowest BCUT2D eigenvalue weighted by atomic mass is 10.3. The molecule has 0 aromatic carbocycles. The van der Waals surface area contributed by atoms with Gasteiger partial charge in [0, 0.05) is 0 Å². The lowest BCUT2D eigenvalue weighted by Gasteiger charge is -2.06. The minimum absolute atomic E-state index is 0.168. The fourth-order valence-electron chi connectivity index (χ4n) is 0.954. The molecule has 1 heterocycles. The Kier molecular flexibility index (Phi) is 3.39. The molecule has 5 nitrogen and oxygen atoms in total. The molecule has 0 atom stereocenters. The molecule has 0 amide bonds. The van der Waals surface area contributed by atoms with Gasteiger partial charge in [0.2, 0.25) is 0 Å². The maximum absolute atomic E-state index is 11.4. The van der Waals surface area contributed by atoms with Crippen LogP contribution in [0.5, 0.6) is 5.75 Å². The van der Waals surface area contributed by atoms with Gasteiger partial charge in [-0.25, -0.2) is 14.8 Å². The Morgan fingerprint density at radius 3 is 2.86 bits per heavy atom. The number of nitrogens with zero attached hydrogens (tertiary/aromatic N) is 2. The summed E-state index contributed by atoms with van der Waals surface area (Å²) in [6, 6.07) is 0. The van der Waals surface area contributed by atoms with Gasteiger partial charge in [-0.05, 0) is 13.8 Å². The summed E-state index contributed by atoms with van der Waals surface area (Å²) in [5.41, 5.74) is 0.168. The van der Waals surface area contributed by atoms with E-state index in [1.165, 1.54) is 13.3 Å². The predicted octanol–water partition coefficient (Wildman–Crippen LogP) is 0.970. The van der Waals surface area contributed by atoms with Gasteiger partial charge in [-0.1, -0.05) is 0 Å². The largest absolute Gasteiger partial charge is 0.493 e. The third-order valence-corrected chi connectivity index (χ3v) is 1.56. The highest BCUT2D eigenvalue weighted by molar-refractivity contribution is 5.90. The highest BCUT2D eigenvalue weighted by Gasteiger charge is 2.15. The molecule has 0 aliphatic carbocycles. The molecule has 14 heavy (non-hydrogen) atoms. The van der Waals surface area contributed by atoms with Crippen LogP contribution in [0.4, 0.5) is 0 Å². The van der Waals surface area contributed by atoms with Crippen LogP contribution < -0.4 is 4.74 Å².